The number of rotatable bonds is 4. The first-order chi connectivity index (χ1) is 8.13. The molecule has 4 nitrogen and oxygen atoms in total. The van der Waals surface area contributed by atoms with Crippen LogP contribution in [0.1, 0.15) is 64.2 Å². The van der Waals surface area contributed by atoms with Gasteiger partial charge in [-0.05, 0) is 19.8 Å². The summed E-state index contributed by atoms with van der Waals surface area (Å²) >= 11 is 1.34. The van der Waals surface area contributed by atoms with E-state index in [0.717, 1.165) is 17.8 Å². The maximum absolute atomic E-state index is 11.7. The smallest absolute Gasteiger partial charge is 0.358 e. The number of hydrogen-bond acceptors (Lipinski definition) is 5. The number of esters is 1. The van der Waals surface area contributed by atoms with Crippen molar-refractivity contribution in [2.75, 3.05) is 6.61 Å². The van der Waals surface area contributed by atoms with Gasteiger partial charge in [-0.25, -0.2) is 9.78 Å². The van der Waals surface area contributed by atoms with Crippen LogP contribution in [-0.4, -0.2) is 23.3 Å². The van der Waals surface area contributed by atoms with Crippen molar-refractivity contribution in [2.45, 2.75) is 39.0 Å². The number of aromatic nitrogens is 1. The van der Waals surface area contributed by atoms with Crippen molar-refractivity contribution in [1.29, 1.82) is 0 Å². The van der Waals surface area contributed by atoms with Crippen molar-refractivity contribution in [3.8, 4) is 0 Å². The zero-order chi connectivity index (χ0) is 12.4. The van der Waals surface area contributed by atoms with Crippen molar-refractivity contribution in [3.05, 3.63) is 15.6 Å². The molecule has 0 spiro atoms. The Labute approximate surface area is 104 Å². The predicted molar refractivity (Wildman–Crippen MR) is 64.7 cm³/mol. The zero-order valence-electron chi connectivity index (χ0n) is 9.99. The number of thiazole rings is 1. The molecule has 1 aromatic heterocycles. The van der Waals surface area contributed by atoms with Gasteiger partial charge >= 0.3 is 5.97 Å². The Morgan fingerprint density at radius 3 is 2.65 bits per heavy atom. The second-order valence-corrected chi connectivity index (χ2v) is 5.16. The van der Waals surface area contributed by atoms with Gasteiger partial charge in [0.2, 0.25) is 0 Å². The lowest BCUT2D eigenvalue weighted by Gasteiger charge is -2.22. The van der Waals surface area contributed by atoms with E-state index in [0.29, 0.717) is 17.4 Å². The van der Waals surface area contributed by atoms with E-state index in [1.165, 1.54) is 24.7 Å². The Kier molecular flexibility index (Phi) is 3.57. The first kappa shape index (κ1) is 12.2. The van der Waals surface area contributed by atoms with Crippen LogP contribution in [0.3, 0.4) is 0 Å². The Bertz CT molecular complexity index is 449. The Balaban J connectivity index is 2.31. The summed E-state index contributed by atoms with van der Waals surface area (Å²) in [5.41, 5.74) is 0.200. The fourth-order valence-electron chi connectivity index (χ4n) is 1.74. The summed E-state index contributed by atoms with van der Waals surface area (Å²) in [5.74, 6) is -0.170. The number of ketones is 1. The van der Waals surface area contributed by atoms with Crippen molar-refractivity contribution >= 4 is 23.1 Å². The first-order valence-electron chi connectivity index (χ1n) is 5.82. The van der Waals surface area contributed by atoms with Gasteiger partial charge in [-0.15, -0.1) is 11.3 Å². The maximum atomic E-state index is 11.7. The van der Waals surface area contributed by atoms with Crippen molar-refractivity contribution in [1.82, 2.24) is 4.98 Å². The van der Waals surface area contributed by atoms with E-state index >= 15 is 0 Å². The molecule has 0 saturated heterocycles. The minimum absolute atomic E-state index is 0.115. The van der Waals surface area contributed by atoms with Crippen LogP contribution in [0.25, 0.3) is 0 Å². The molecular formula is C12H15NO3S. The highest BCUT2D eigenvalue weighted by Gasteiger charge is 2.28. The van der Waals surface area contributed by atoms with Crippen LogP contribution in [0.15, 0.2) is 0 Å². The minimum Gasteiger partial charge on any atom is -0.461 e. The van der Waals surface area contributed by atoms with Crippen molar-refractivity contribution in [3.63, 3.8) is 0 Å². The summed E-state index contributed by atoms with van der Waals surface area (Å²) in [6.07, 6.45) is 3.41. The summed E-state index contributed by atoms with van der Waals surface area (Å²) in [6.45, 7) is 3.50. The normalized spacial score (nSPS) is 15.4. The highest BCUT2D eigenvalue weighted by Crippen LogP contribution is 2.39. The highest BCUT2D eigenvalue weighted by atomic mass is 32.1. The highest BCUT2D eigenvalue weighted by molar-refractivity contribution is 7.14. The molecule has 5 heteroatoms. The van der Waals surface area contributed by atoms with Gasteiger partial charge in [0.05, 0.1) is 11.6 Å². The topological polar surface area (TPSA) is 56.3 Å². The van der Waals surface area contributed by atoms with Crippen LogP contribution in [0.4, 0.5) is 0 Å². The van der Waals surface area contributed by atoms with Crippen LogP contribution >= 0.6 is 11.3 Å². The van der Waals surface area contributed by atoms with E-state index in [4.69, 9.17) is 4.74 Å². The van der Waals surface area contributed by atoms with E-state index in [9.17, 15) is 9.59 Å². The molecule has 0 N–H and O–H groups in total. The number of nitrogens with zero attached hydrogens (tertiary/aromatic N) is 1. The molecule has 1 fully saturated rings. The number of Topliss-reactive ketones (excluding diaryl/α,β-unsaturated/α-hetero) is 1. The minimum atomic E-state index is -0.487. The van der Waals surface area contributed by atoms with E-state index in [1.807, 2.05) is 0 Å². The van der Waals surface area contributed by atoms with Gasteiger partial charge in [-0.3, -0.25) is 4.79 Å². The molecule has 0 radical (unpaired) electrons. The van der Waals surface area contributed by atoms with Gasteiger partial charge in [-0.1, -0.05) is 6.42 Å². The number of hydrogen-bond donors (Lipinski definition) is 0. The average molecular weight is 253 g/mol. The lowest BCUT2D eigenvalue weighted by Crippen LogP contribution is -2.11. The van der Waals surface area contributed by atoms with Gasteiger partial charge in [0, 0.05) is 12.8 Å². The largest absolute Gasteiger partial charge is 0.461 e. The molecule has 1 aliphatic carbocycles. The zero-order valence-corrected chi connectivity index (χ0v) is 10.8. The number of ether oxygens (including phenoxy) is 1. The lowest BCUT2D eigenvalue weighted by molar-refractivity contribution is 0.0517. The molecule has 0 atom stereocenters. The predicted octanol–water partition coefficient (Wildman–Crippen LogP) is 2.79. The summed E-state index contributed by atoms with van der Waals surface area (Å²) in [6, 6.07) is 0. The summed E-state index contributed by atoms with van der Waals surface area (Å²) in [7, 11) is 0. The number of carbonyl (C=O) groups excluding carboxylic acids is 2. The van der Waals surface area contributed by atoms with E-state index in [1.54, 1.807) is 6.92 Å². The fourth-order valence-corrected chi connectivity index (χ4v) is 2.86. The van der Waals surface area contributed by atoms with Crippen molar-refractivity contribution < 1.29 is 14.3 Å². The SMILES string of the molecule is CCOC(=O)c1nc(C2CCC2)sc1C(C)=O. The molecule has 1 saturated carbocycles. The molecule has 1 heterocycles. The molecule has 2 rings (SSSR count). The van der Waals surface area contributed by atoms with Gasteiger partial charge in [0.1, 0.15) is 4.88 Å². The monoisotopic (exact) mass is 253 g/mol. The van der Waals surface area contributed by atoms with Crippen LogP contribution in [0, 0.1) is 0 Å². The van der Waals surface area contributed by atoms with Crippen LogP contribution in [0.5, 0.6) is 0 Å². The fraction of sp³-hybridized carbons (Fsp3) is 0.583. The van der Waals surface area contributed by atoms with Crippen LogP contribution < -0.4 is 0 Å². The molecule has 0 aliphatic heterocycles. The third-order valence-electron chi connectivity index (χ3n) is 2.89. The molecule has 0 bridgehead atoms. The lowest BCUT2D eigenvalue weighted by atomic mass is 9.86. The van der Waals surface area contributed by atoms with Crippen LogP contribution in [0.2, 0.25) is 0 Å². The van der Waals surface area contributed by atoms with Crippen molar-refractivity contribution in [2.24, 2.45) is 0 Å². The molecule has 1 aliphatic rings. The standard InChI is InChI=1S/C12H15NO3S/c1-3-16-12(15)9-10(7(2)14)17-11(13-9)8-5-4-6-8/h8H,3-6H2,1-2H3. The summed E-state index contributed by atoms with van der Waals surface area (Å²) < 4.78 is 4.92. The van der Waals surface area contributed by atoms with E-state index in [2.05, 4.69) is 4.98 Å². The second kappa shape index (κ2) is 4.96. The van der Waals surface area contributed by atoms with Crippen LogP contribution in [-0.2, 0) is 4.74 Å². The number of carbonyl (C=O) groups is 2. The molecule has 0 aromatic carbocycles. The third-order valence-corrected chi connectivity index (χ3v) is 4.21. The molecule has 17 heavy (non-hydrogen) atoms. The third kappa shape index (κ3) is 2.39. The maximum Gasteiger partial charge on any atom is 0.358 e. The average Bonchev–Trinajstić information content (AvgIpc) is 2.60. The molecular weight excluding hydrogens is 238 g/mol. The summed E-state index contributed by atoms with van der Waals surface area (Å²) in [4.78, 5) is 27.9. The van der Waals surface area contributed by atoms with E-state index < -0.39 is 5.97 Å². The first-order valence-corrected chi connectivity index (χ1v) is 6.64. The van der Waals surface area contributed by atoms with Gasteiger partial charge < -0.3 is 4.74 Å². The Morgan fingerprint density at radius 1 is 1.47 bits per heavy atom. The molecule has 0 amide bonds. The van der Waals surface area contributed by atoms with Gasteiger partial charge in [0.15, 0.2) is 11.5 Å². The Hall–Kier alpha value is -1.23. The quantitative estimate of drug-likeness (QED) is 0.611. The molecule has 92 valence electrons. The van der Waals surface area contributed by atoms with Gasteiger partial charge in [0.25, 0.3) is 0 Å². The molecule has 1 aromatic rings. The van der Waals surface area contributed by atoms with Gasteiger partial charge in [-0.2, -0.15) is 0 Å². The second-order valence-electron chi connectivity index (χ2n) is 4.13. The Morgan fingerprint density at radius 2 is 2.18 bits per heavy atom. The van der Waals surface area contributed by atoms with E-state index in [-0.39, 0.29) is 11.5 Å². The molecule has 0 unspecified atom stereocenters. The summed E-state index contributed by atoms with van der Waals surface area (Å²) in [5, 5.41) is 0.907.